The molecule has 0 saturated carbocycles. The van der Waals surface area contributed by atoms with Gasteiger partial charge in [0.2, 0.25) is 0 Å². The highest BCUT2D eigenvalue weighted by Crippen LogP contribution is 2.25. The lowest BCUT2D eigenvalue weighted by Gasteiger charge is -2.31. The van der Waals surface area contributed by atoms with Crippen molar-refractivity contribution in [3.63, 3.8) is 0 Å². The lowest BCUT2D eigenvalue weighted by molar-refractivity contribution is 0.0686. The third-order valence-electron chi connectivity index (χ3n) is 5.67. The average Bonchev–Trinajstić information content (AvgIpc) is 3.11. The number of hydrogen-bond donors (Lipinski definition) is 1. The van der Waals surface area contributed by atoms with Gasteiger partial charge in [0.25, 0.3) is 5.91 Å². The van der Waals surface area contributed by atoms with E-state index in [9.17, 15) is 4.79 Å². The van der Waals surface area contributed by atoms with E-state index < -0.39 is 0 Å². The fraction of sp³-hybridized carbons (Fsp3) is 0.591. The van der Waals surface area contributed by atoms with E-state index >= 15 is 0 Å². The Morgan fingerprint density at radius 1 is 1.18 bits per heavy atom. The van der Waals surface area contributed by atoms with Crippen LogP contribution in [0.25, 0.3) is 5.69 Å². The summed E-state index contributed by atoms with van der Waals surface area (Å²) in [6.07, 6.45) is 3.64. The first-order chi connectivity index (χ1) is 13.3. The van der Waals surface area contributed by atoms with Gasteiger partial charge in [-0.05, 0) is 54.8 Å². The largest absolute Gasteiger partial charge is 0.337 e. The highest BCUT2D eigenvalue weighted by atomic mass is 16.2. The number of amides is 1. The summed E-state index contributed by atoms with van der Waals surface area (Å²) in [5, 5.41) is 8.64. The predicted molar refractivity (Wildman–Crippen MR) is 112 cm³/mol. The zero-order chi connectivity index (χ0) is 20.3. The van der Waals surface area contributed by atoms with E-state index in [0.29, 0.717) is 18.2 Å². The first-order valence-electron chi connectivity index (χ1n) is 10.4. The Bertz CT molecular complexity index is 795. The van der Waals surface area contributed by atoms with Crippen molar-refractivity contribution in [3.05, 3.63) is 41.2 Å². The number of likely N-dealkylation sites (tertiary alicyclic amines) is 1. The normalized spacial score (nSPS) is 15.8. The van der Waals surface area contributed by atoms with Crippen molar-refractivity contribution in [2.24, 2.45) is 11.7 Å². The Kier molecular flexibility index (Phi) is 6.18. The Labute approximate surface area is 168 Å². The van der Waals surface area contributed by atoms with Crippen LogP contribution in [0.2, 0.25) is 0 Å². The van der Waals surface area contributed by atoms with Crippen molar-refractivity contribution < 1.29 is 4.79 Å². The number of nitrogens with two attached hydrogens (primary N) is 1. The Morgan fingerprint density at radius 2 is 1.82 bits per heavy atom. The predicted octanol–water partition coefficient (Wildman–Crippen LogP) is 3.33. The van der Waals surface area contributed by atoms with Gasteiger partial charge in [0.1, 0.15) is 0 Å². The highest BCUT2D eigenvalue weighted by molar-refractivity contribution is 5.93. The van der Waals surface area contributed by atoms with E-state index in [1.54, 1.807) is 0 Å². The molecule has 6 nitrogen and oxygen atoms in total. The molecule has 28 heavy (non-hydrogen) atoms. The molecule has 0 unspecified atom stereocenters. The minimum Gasteiger partial charge on any atom is -0.337 e. The number of nitrogens with zero attached hydrogens (tertiary/aromatic N) is 4. The summed E-state index contributed by atoms with van der Waals surface area (Å²) in [4.78, 5) is 15.0. The van der Waals surface area contributed by atoms with Crippen LogP contribution in [0.1, 0.15) is 68.7 Å². The van der Waals surface area contributed by atoms with Gasteiger partial charge in [-0.1, -0.05) is 51.5 Å². The molecule has 3 rings (SSSR count). The van der Waals surface area contributed by atoms with Gasteiger partial charge in [-0.15, -0.1) is 5.10 Å². The third kappa shape index (κ3) is 4.27. The van der Waals surface area contributed by atoms with Crippen LogP contribution in [0.15, 0.2) is 24.3 Å². The molecule has 2 N–H and O–H groups in total. The summed E-state index contributed by atoms with van der Waals surface area (Å²) in [6, 6.07) is 8.39. The molecule has 0 aliphatic carbocycles. The number of benzene rings is 1. The smallest absolute Gasteiger partial charge is 0.276 e. The molecule has 0 bridgehead atoms. The fourth-order valence-corrected chi connectivity index (χ4v) is 3.76. The molecular formula is C22H33N5O. The van der Waals surface area contributed by atoms with E-state index in [2.05, 4.69) is 62.3 Å². The summed E-state index contributed by atoms with van der Waals surface area (Å²) in [5.41, 5.74) is 9.49. The first-order valence-corrected chi connectivity index (χ1v) is 10.4. The lowest BCUT2D eigenvalue weighted by Crippen LogP contribution is -2.40. The van der Waals surface area contributed by atoms with Crippen LogP contribution in [0.3, 0.4) is 0 Å². The van der Waals surface area contributed by atoms with Crippen LogP contribution in [-0.2, 0) is 11.8 Å². The number of aromatic nitrogens is 3. The molecule has 1 aromatic carbocycles. The van der Waals surface area contributed by atoms with Crippen LogP contribution >= 0.6 is 0 Å². The number of hydrogen-bond acceptors (Lipinski definition) is 4. The van der Waals surface area contributed by atoms with Gasteiger partial charge < -0.3 is 10.6 Å². The maximum Gasteiger partial charge on any atom is 0.276 e. The van der Waals surface area contributed by atoms with Crippen molar-refractivity contribution in [1.29, 1.82) is 0 Å². The maximum atomic E-state index is 13.1. The molecule has 1 saturated heterocycles. The lowest BCUT2D eigenvalue weighted by atomic mass is 9.87. The van der Waals surface area contributed by atoms with Crippen LogP contribution in [-0.4, -0.2) is 45.4 Å². The van der Waals surface area contributed by atoms with Crippen LogP contribution in [0.5, 0.6) is 0 Å². The molecule has 1 aliphatic rings. The van der Waals surface area contributed by atoms with Gasteiger partial charge in [-0.2, -0.15) is 0 Å². The molecule has 152 valence electrons. The SMILES string of the molecule is CCCc1c(C(=O)N2CCC(CN)CC2)nnn1-c1ccc(C(C)(C)C)cc1. The quantitative estimate of drug-likeness (QED) is 0.859. The van der Waals surface area contributed by atoms with Crippen molar-refractivity contribution >= 4 is 5.91 Å². The second-order valence-electron chi connectivity index (χ2n) is 8.81. The fourth-order valence-electron chi connectivity index (χ4n) is 3.76. The van der Waals surface area contributed by atoms with Crippen molar-refractivity contribution in [2.45, 2.75) is 58.8 Å². The minimum absolute atomic E-state index is 0.00326. The van der Waals surface area contributed by atoms with Gasteiger partial charge in [-0.25, -0.2) is 4.68 Å². The molecule has 2 aromatic rings. The van der Waals surface area contributed by atoms with Gasteiger partial charge in [0.05, 0.1) is 11.4 Å². The molecule has 1 fully saturated rings. The van der Waals surface area contributed by atoms with Crippen molar-refractivity contribution in [1.82, 2.24) is 19.9 Å². The van der Waals surface area contributed by atoms with Gasteiger partial charge in [-0.3, -0.25) is 4.79 Å². The summed E-state index contributed by atoms with van der Waals surface area (Å²) in [7, 11) is 0. The van der Waals surface area contributed by atoms with Gasteiger partial charge in [0, 0.05) is 13.1 Å². The van der Waals surface area contributed by atoms with E-state index in [1.165, 1.54) is 5.56 Å². The van der Waals surface area contributed by atoms with Gasteiger partial charge in [0.15, 0.2) is 5.69 Å². The standard InChI is InChI=1S/C22H33N5O/c1-5-6-19-20(21(28)26-13-11-16(15-23)12-14-26)24-25-27(19)18-9-7-17(8-10-18)22(2,3)4/h7-10,16H,5-6,11-15,23H2,1-4H3. The van der Waals surface area contributed by atoms with Crippen LogP contribution in [0, 0.1) is 5.92 Å². The zero-order valence-electron chi connectivity index (χ0n) is 17.6. The number of carbonyl (C=O) groups is 1. The van der Waals surface area contributed by atoms with Gasteiger partial charge >= 0.3 is 0 Å². The molecule has 2 heterocycles. The highest BCUT2D eigenvalue weighted by Gasteiger charge is 2.28. The minimum atomic E-state index is -0.00326. The van der Waals surface area contributed by atoms with Crippen LogP contribution < -0.4 is 5.73 Å². The van der Waals surface area contributed by atoms with E-state index in [1.807, 2.05) is 9.58 Å². The maximum absolute atomic E-state index is 13.1. The second-order valence-corrected chi connectivity index (χ2v) is 8.81. The summed E-state index contributed by atoms with van der Waals surface area (Å²) in [5.74, 6) is 0.521. The molecule has 1 amide bonds. The Morgan fingerprint density at radius 3 is 2.36 bits per heavy atom. The van der Waals surface area contributed by atoms with Crippen LogP contribution in [0.4, 0.5) is 0 Å². The molecule has 6 heteroatoms. The third-order valence-corrected chi connectivity index (χ3v) is 5.67. The Hall–Kier alpha value is -2.21. The Balaban J connectivity index is 1.86. The molecule has 1 aliphatic heterocycles. The first kappa shape index (κ1) is 20.5. The number of carbonyl (C=O) groups excluding carboxylic acids is 1. The molecule has 1 aromatic heterocycles. The molecule has 0 radical (unpaired) electrons. The van der Waals surface area contributed by atoms with E-state index in [4.69, 9.17) is 5.73 Å². The number of rotatable bonds is 5. The molecular weight excluding hydrogens is 350 g/mol. The van der Waals surface area contributed by atoms with E-state index in [0.717, 1.165) is 50.2 Å². The van der Waals surface area contributed by atoms with Crippen molar-refractivity contribution in [3.8, 4) is 5.69 Å². The summed E-state index contributed by atoms with van der Waals surface area (Å²) >= 11 is 0. The zero-order valence-corrected chi connectivity index (χ0v) is 17.6. The number of piperidine rings is 1. The summed E-state index contributed by atoms with van der Waals surface area (Å²) in [6.45, 7) is 10.9. The van der Waals surface area contributed by atoms with E-state index in [-0.39, 0.29) is 11.3 Å². The molecule has 0 spiro atoms. The summed E-state index contributed by atoms with van der Waals surface area (Å²) < 4.78 is 1.83. The van der Waals surface area contributed by atoms with Crippen molar-refractivity contribution in [2.75, 3.05) is 19.6 Å². The average molecular weight is 384 g/mol. The monoisotopic (exact) mass is 383 g/mol. The molecule has 0 atom stereocenters. The second kappa shape index (κ2) is 8.43. The topological polar surface area (TPSA) is 77.0 Å².